The fraction of sp³-hybridized carbons (Fsp3) is 0.125. The van der Waals surface area contributed by atoms with Crippen molar-refractivity contribution in [1.29, 1.82) is 0 Å². The minimum atomic E-state index is -0.431. The normalized spacial score (nSPS) is 10.9. The second-order valence-electron chi connectivity index (χ2n) is 5.76. The van der Waals surface area contributed by atoms with Crippen molar-refractivity contribution >= 4 is 23.3 Å². The molecule has 2 N–H and O–H groups in total. The maximum Gasteiger partial charge on any atom is 0.294 e. The smallest absolute Gasteiger partial charge is 0.294 e. The summed E-state index contributed by atoms with van der Waals surface area (Å²) in [5.41, 5.74) is 1.79. The molecule has 11 heteroatoms. The summed E-state index contributed by atoms with van der Waals surface area (Å²) in [5, 5.41) is 21.8. The number of benzene rings is 1. The Morgan fingerprint density at radius 1 is 1.22 bits per heavy atom. The third-order valence-corrected chi connectivity index (χ3v) is 3.98. The lowest BCUT2D eigenvalue weighted by molar-refractivity contribution is 0.101. The van der Waals surface area contributed by atoms with E-state index >= 15 is 0 Å². The van der Waals surface area contributed by atoms with E-state index in [1.54, 1.807) is 10.7 Å². The summed E-state index contributed by atoms with van der Waals surface area (Å²) < 4.78 is 3.19. The Morgan fingerprint density at radius 3 is 2.70 bits per heavy atom. The predicted octanol–water partition coefficient (Wildman–Crippen LogP) is 1.84. The number of carbonyl (C=O) groups is 1. The van der Waals surface area contributed by atoms with Crippen LogP contribution in [0.4, 0.5) is 5.82 Å². The fourth-order valence-corrected chi connectivity index (χ4v) is 2.60. The summed E-state index contributed by atoms with van der Waals surface area (Å²) in [7, 11) is 0. The van der Waals surface area contributed by atoms with E-state index in [0.717, 1.165) is 11.3 Å². The molecule has 0 atom stereocenters. The molecule has 4 rings (SSSR count). The Kier molecular flexibility index (Phi) is 4.38. The number of nitrogens with zero attached hydrogens (tertiary/aromatic N) is 7. The third-order valence-electron chi connectivity index (χ3n) is 3.73. The molecule has 1 aromatic carbocycles. The van der Waals surface area contributed by atoms with E-state index in [4.69, 9.17) is 11.6 Å². The van der Waals surface area contributed by atoms with E-state index in [1.165, 1.54) is 17.2 Å². The van der Waals surface area contributed by atoms with Gasteiger partial charge in [0, 0.05) is 11.1 Å². The zero-order chi connectivity index (χ0) is 18.8. The molecule has 3 heterocycles. The first-order valence-electron chi connectivity index (χ1n) is 7.96. The fourth-order valence-electron chi connectivity index (χ4n) is 2.48. The monoisotopic (exact) mass is 383 g/mol. The van der Waals surface area contributed by atoms with Gasteiger partial charge in [-0.1, -0.05) is 23.7 Å². The molecule has 0 aliphatic rings. The summed E-state index contributed by atoms with van der Waals surface area (Å²) in [6.45, 7) is 2.34. The van der Waals surface area contributed by atoms with Crippen molar-refractivity contribution in [2.24, 2.45) is 0 Å². The highest BCUT2D eigenvalue weighted by Crippen LogP contribution is 2.16. The highest BCUT2D eigenvalue weighted by Gasteiger charge is 2.16. The molecule has 3 aromatic heterocycles. The topological polar surface area (TPSA) is 119 Å². The number of aryl methyl sites for hydroxylation is 1. The van der Waals surface area contributed by atoms with Gasteiger partial charge in [0.25, 0.3) is 11.9 Å². The number of rotatable bonds is 5. The minimum Gasteiger partial charge on any atom is -0.304 e. The van der Waals surface area contributed by atoms with E-state index in [-0.39, 0.29) is 11.8 Å². The van der Waals surface area contributed by atoms with E-state index in [1.807, 2.05) is 31.2 Å². The Labute approximate surface area is 158 Å². The predicted molar refractivity (Wildman–Crippen MR) is 96.8 cm³/mol. The number of carbonyl (C=O) groups excluding carboxylic acids is 1. The quantitative estimate of drug-likeness (QED) is 0.542. The summed E-state index contributed by atoms with van der Waals surface area (Å²) in [6.07, 6.45) is 2.88. The first kappa shape index (κ1) is 16.9. The second kappa shape index (κ2) is 7.00. The minimum absolute atomic E-state index is 0.0654. The molecule has 1 amide bonds. The molecule has 0 spiro atoms. The average Bonchev–Trinajstić information content (AvgIpc) is 3.38. The van der Waals surface area contributed by atoms with Crippen molar-refractivity contribution in [2.75, 3.05) is 5.32 Å². The lowest BCUT2D eigenvalue weighted by Gasteiger charge is -2.08. The number of anilines is 1. The summed E-state index contributed by atoms with van der Waals surface area (Å²) in [5.74, 6) is 0.459. The number of nitrogens with one attached hydrogen (secondary N) is 2. The van der Waals surface area contributed by atoms with Crippen LogP contribution in [0.3, 0.4) is 0 Å². The molecule has 27 heavy (non-hydrogen) atoms. The van der Waals surface area contributed by atoms with Gasteiger partial charge in [-0.15, -0.1) is 15.3 Å². The van der Waals surface area contributed by atoms with Crippen LogP contribution in [-0.2, 0) is 6.54 Å². The molecule has 0 saturated heterocycles. The molecule has 0 bridgehead atoms. The highest BCUT2D eigenvalue weighted by molar-refractivity contribution is 6.30. The van der Waals surface area contributed by atoms with Crippen molar-refractivity contribution in [3.8, 4) is 5.95 Å². The van der Waals surface area contributed by atoms with E-state index in [2.05, 4.69) is 35.8 Å². The zero-order valence-electron chi connectivity index (χ0n) is 14.2. The number of amides is 1. The summed E-state index contributed by atoms with van der Waals surface area (Å²) in [6, 6.07) is 9.23. The lowest BCUT2D eigenvalue weighted by atomic mass is 10.2. The van der Waals surface area contributed by atoms with Crippen molar-refractivity contribution in [1.82, 2.24) is 39.7 Å². The van der Waals surface area contributed by atoms with E-state index < -0.39 is 5.91 Å². The van der Waals surface area contributed by atoms with Gasteiger partial charge >= 0.3 is 0 Å². The van der Waals surface area contributed by atoms with Crippen LogP contribution >= 0.6 is 11.6 Å². The van der Waals surface area contributed by atoms with Crippen LogP contribution in [0.5, 0.6) is 0 Å². The molecule has 4 aromatic rings. The van der Waals surface area contributed by atoms with Gasteiger partial charge in [-0.2, -0.15) is 10.1 Å². The Balaban J connectivity index is 1.52. The van der Waals surface area contributed by atoms with Crippen LogP contribution in [0.25, 0.3) is 5.95 Å². The van der Waals surface area contributed by atoms with Crippen molar-refractivity contribution in [3.05, 3.63) is 65.1 Å². The molecular formula is C16H14ClN9O. The van der Waals surface area contributed by atoms with Crippen molar-refractivity contribution in [2.45, 2.75) is 13.5 Å². The second-order valence-corrected chi connectivity index (χ2v) is 6.20. The van der Waals surface area contributed by atoms with Gasteiger partial charge in [-0.3, -0.25) is 14.5 Å². The molecular weight excluding hydrogens is 370 g/mol. The molecule has 0 saturated carbocycles. The largest absolute Gasteiger partial charge is 0.304 e. The molecule has 10 nitrogen and oxygen atoms in total. The van der Waals surface area contributed by atoms with Crippen molar-refractivity contribution in [3.63, 3.8) is 0 Å². The van der Waals surface area contributed by atoms with Gasteiger partial charge in [-0.05, 0) is 24.6 Å². The molecule has 0 radical (unpaired) electrons. The van der Waals surface area contributed by atoms with Gasteiger partial charge < -0.3 is 5.32 Å². The first-order valence-corrected chi connectivity index (χ1v) is 8.34. The number of halogens is 1. The summed E-state index contributed by atoms with van der Waals surface area (Å²) >= 11 is 5.92. The van der Waals surface area contributed by atoms with E-state index in [9.17, 15) is 4.79 Å². The molecule has 0 aliphatic carbocycles. The molecule has 136 valence electrons. The zero-order valence-corrected chi connectivity index (χ0v) is 14.9. The number of hydrogen-bond donors (Lipinski definition) is 2. The average molecular weight is 384 g/mol. The van der Waals surface area contributed by atoms with Gasteiger partial charge in [-0.25, -0.2) is 4.68 Å². The third kappa shape index (κ3) is 3.70. The molecule has 0 unspecified atom stereocenters. The van der Waals surface area contributed by atoms with Crippen molar-refractivity contribution < 1.29 is 4.79 Å². The van der Waals surface area contributed by atoms with Gasteiger partial charge in [0.05, 0.1) is 12.2 Å². The maximum atomic E-state index is 12.5. The Bertz CT molecular complexity index is 1070. The highest BCUT2D eigenvalue weighted by atomic mass is 35.5. The summed E-state index contributed by atoms with van der Waals surface area (Å²) in [4.78, 5) is 16.7. The Hall–Kier alpha value is -3.53. The van der Waals surface area contributed by atoms with Gasteiger partial charge in [0.15, 0.2) is 0 Å². The van der Waals surface area contributed by atoms with Gasteiger partial charge in [0.1, 0.15) is 18.5 Å². The standard InChI is InChI=1S/C16H14ClN9O/c1-10-6-13(26(24-10)7-11-2-4-12(17)5-3-11)20-15(27)14-21-16(23-22-14)25-8-18-19-9-25/h2-6,8-9H,7H2,1H3,(H,20,27)(H,21,22,23). The number of hydrogen-bond acceptors (Lipinski definition) is 6. The van der Waals surface area contributed by atoms with Crippen LogP contribution in [0, 0.1) is 6.92 Å². The number of aromatic amines is 1. The SMILES string of the molecule is Cc1cc(NC(=O)c2nc(-n3cnnc3)n[nH]2)n(Cc2ccc(Cl)cc2)n1. The van der Waals surface area contributed by atoms with Crippen LogP contribution in [0.1, 0.15) is 21.9 Å². The van der Waals surface area contributed by atoms with Crippen LogP contribution in [0.15, 0.2) is 43.0 Å². The van der Waals surface area contributed by atoms with Crippen LogP contribution < -0.4 is 5.32 Å². The van der Waals surface area contributed by atoms with Gasteiger partial charge in [0.2, 0.25) is 5.82 Å². The molecule has 0 aliphatic heterocycles. The van der Waals surface area contributed by atoms with Crippen LogP contribution in [0.2, 0.25) is 5.02 Å². The van der Waals surface area contributed by atoms with E-state index in [0.29, 0.717) is 17.4 Å². The maximum absolute atomic E-state index is 12.5. The number of aromatic nitrogens is 8. The van der Waals surface area contributed by atoms with Crippen LogP contribution in [-0.4, -0.2) is 45.6 Å². The lowest BCUT2D eigenvalue weighted by Crippen LogP contribution is -2.17. The number of H-pyrrole nitrogens is 1. The first-order chi connectivity index (χ1) is 13.1. The molecule has 0 fully saturated rings. The Morgan fingerprint density at radius 2 is 1.96 bits per heavy atom.